The summed E-state index contributed by atoms with van der Waals surface area (Å²) >= 11 is 5.62. The summed E-state index contributed by atoms with van der Waals surface area (Å²) in [4.78, 5) is 17.4. The van der Waals surface area contributed by atoms with Crippen LogP contribution in [-0.2, 0) is 0 Å². The minimum atomic E-state index is -0.406. The summed E-state index contributed by atoms with van der Waals surface area (Å²) in [5.74, 6) is 1.33. The fraction of sp³-hybridized carbons (Fsp3) is 0.273. The number of hydrogen-bond acceptors (Lipinski definition) is 5. The third-order valence-electron chi connectivity index (χ3n) is 5.21. The van der Waals surface area contributed by atoms with Crippen molar-refractivity contribution >= 4 is 23.0 Å². The Morgan fingerprint density at radius 1 is 1.23 bits per heavy atom. The maximum Gasteiger partial charge on any atom is 0.270 e. The molecule has 2 atom stereocenters. The third kappa shape index (κ3) is 3.91. The van der Waals surface area contributed by atoms with Gasteiger partial charge in [0.15, 0.2) is 5.11 Å². The molecule has 1 aliphatic rings. The summed E-state index contributed by atoms with van der Waals surface area (Å²) in [5, 5.41) is 15.2. The van der Waals surface area contributed by atoms with E-state index in [1.54, 1.807) is 18.3 Å². The van der Waals surface area contributed by atoms with Crippen molar-refractivity contribution in [2.24, 2.45) is 0 Å². The molecule has 0 bridgehead atoms. The first kappa shape index (κ1) is 20.0. The largest absolute Gasteiger partial charge is 0.459 e. The van der Waals surface area contributed by atoms with Crippen LogP contribution in [0.5, 0.6) is 0 Å². The molecule has 0 unspecified atom stereocenters. The van der Waals surface area contributed by atoms with E-state index in [0.29, 0.717) is 16.4 Å². The highest BCUT2D eigenvalue weighted by Gasteiger charge is 2.41. The number of nitro benzene ring substituents is 1. The highest BCUT2D eigenvalue weighted by molar-refractivity contribution is 7.80. The smallest absolute Gasteiger partial charge is 0.270 e. The van der Waals surface area contributed by atoms with E-state index in [9.17, 15) is 10.1 Å². The molecule has 1 fully saturated rings. The Labute approximate surface area is 179 Å². The van der Waals surface area contributed by atoms with E-state index in [-0.39, 0.29) is 17.8 Å². The van der Waals surface area contributed by atoms with Gasteiger partial charge >= 0.3 is 0 Å². The van der Waals surface area contributed by atoms with Gasteiger partial charge in [-0.3, -0.25) is 15.1 Å². The van der Waals surface area contributed by atoms with Gasteiger partial charge in [0.2, 0.25) is 0 Å². The number of rotatable bonds is 7. The van der Waals surface area contributed by atoms with Gasteiger partial charge in [0, 0.05) is 30.4 Å². The number of benzene rings is 1. The lowest BCUT2D eigenvalue weighted by Gasteiger charge is -2.25. The van der Waals surface area contributed by atoms with Crippen LogP contribution in [0, 0.1) is 10.1 Å². The van der Waals surface area contributed by atoms with Gasteiger partial charge in [0.25, 0.3) is 5.69 Å². The number of pyridine rings is 1. The summed E-state index contributed by atoms with van der Waals surface area (Å²) in [6.45, 7) is 2.95. The molecule has 0 spiro atoms. The molecular weight excluding hydrogens is 400 g/mol. The zero-order valence-corrected chi connectivity index (χ0v) is 17.3. The van der Waals surface area contributed by atoms with Crippen molar-refractivity contribution < 1.29 is 9.34 Å². The van der Waals surface area contributed by atoms with Gasteiger partial charge in [0.1, 0.15) is 17.6 Å². The second-order valence-corrected chi connectivity index (χ2v) is 7.57. The molecule has 1 aliphatic heterocycles. The first-order valence-corrected chi connectivity index (χ1v) is 10.3. The van der Waals surface area contributed by atoms with E-state index in [0.717, 1.165) is 30.8 Å². The van der Waals surface area contributed by atoms with Crippen LogP contribution in [0.4, 0.5) is 5.69 Å². The van der Waals surface area contributed by atoms with E-state index >= 15 is 0 Å². The molecular formula is C22H22N4O3S. The number of hydrogen-bond donors (Lipinski definition) is 1. The van der Waals surface area contributed by atoms with E-state index in [2.05, 4.69) is 22.1 Å². The Balaban J connectivity index is 1.71. The second kappa shape index (κ2) is 8.62. The van der Waals surface area contributed by atoms with Gasteiger partial charge in [-0.25, -0.2) is 0 Å². The minimum Gasteiger partial charge on any atom is -0.459 e. The molecule has 0 radical (unpaired) electrons. The number of nitrogens with one attached hydrogen (secondary N) is 1. The molecule has 3 aromatic rings. The summed E-state index contributed by atoms with van der Waals surface area (Å²) in [5.41, 5.74) is 1.58. The van der Waals surface area contributed by atoms with Gasteiger partial charge in [-0.2, -0.15) is 0 Å². The Hall–Kier alpha value is -3.26. The normalized spacial score (nSPS) is 18.4. The molecule has 2 aromatic heterocycles. The zero-order valence-electron chi connectivity index (χ0n) is 16.5. The molecule has 1 N–H and O–H groups in total. The van der Waals surface area contributed by atoms with Crippen LogP contribution in [0.15, 0.2) is 65.2 Å². The van der Waals surface area contributed by atoms with Crippen LogP contribution in [0.1, 0.15) is 43.3 Å². The second-order valence-electron chi connectivity index (χ2n) is 7.18. The molecule has 8 heteroatoms. The van der Waals surface area contributed by atoms with Crippen LogP contribution < -0.4 is 5.32 Å². The van der Waals surface area contributed by atoms with Gasteiger partial charge < -0.3 is 14.6 Å². The zero-order chi connectivity index (χ0) is 21.1. The number of nitro groups is 1. The fourth-order valence-electron chi connectivity index (χ4n) is 3.72. The Morgan fingerprint density at radius 2 is 2.10 bits per heavy atom. The summed E-state index contributed by atoms with van der Waals surface area (Å²) in [7, 11) is 0. The van der Waals surface area contributed by atoms with Gasteiger partial charge in [-0.05, 0) is 42.9 Å². The number of unbranched alkanes of at least 4 members (excludes halogenated alkanes) is 1. The SMILES string of the molecule is CCCCN1C(=S)N[C@H](c2ccccn2)[C@@H]1c1ccc(-c2cccc([N+](=O)[O-])c2)o1. The average molecular weight is 423 g/mol. The number of aromatic nitrogens is 1. The maximum atomic E-state index is 11.1. The molecule has 4 rings (SSSR count). The first-order chi connectivity index (χ1) is 14.6. The van der Waals surface area contributed by atoms with Crippen molar-refractivity contribution in [2.75, 3.05) is 6.54 Å². The standard InChI is InChI=1S/C22H22N4O3S/c1-2-3-13-25-21(20(24-22(25)30)17-9-4-5-12-23-17)19-11-10-18(29-19)15-7-6-8-16(14-15)26(27)28/h4-12,14,20-21H,2-3,13H2,1H3,(H,24,30)/t20-,21+/m1/s1. The lowest BCUT2D eigenvalue weighted by Crippen LogP contribution is -2.30. The molecule has 3 heterocycles. The summed E-state index contributed by atoms with van der Waals surface area (Å²) in [6.07, 6.45) is 3.82. The van der Waals surface area contributed by atoms with Crippen LogP contribution in [0.3, 0.4) is 0 Å². The summed E-state index contributed by atoms with van der Waals surface area (Å²) in [6, 6.07) is 15.7. The van der Waals surface area contributed by atoms with E-state index < -0.39 is 4.92 Å². The van der Waals surface area contributed by atoms with Crippen LogP contribution >= 0.6 is 12.2 Å². The van der Waals surface area contributed by atoms with Crippen molar-refractivity contribution in [2.45, 2.75) is 31.8 Å². The lowest BCUT2D eigenvalue weighted by molar-refractivity contribution is -0.384. The number of non-ortho nitro benzene ring substituents is 1. The predicted molar refractivity (Wildman–Crippen MR) is 118 cm³/mol. The van der Waals surface area contributed by atoms with E-state index in [1.165, 1.54) is 12.1 Å². The van der Waals surface area contributed by atoms with Crippen LogP contribution in [0.25, 0.3) is 11.3 Å². The van der Waals surface area contributed by atoms with Crippen molar-refractivity contribution in [1.82, 2.24) is 15.2 Å². The Bertz CT molecular complexity index is 1050. The maximum absolute atomic E-state index is 11.1. The number of thiocarbonyl (C=S) groups is 1. The van der Waals surface area contributed by atoms with Crippen molar-refractivity contribution in [3.05, 3.63) is 82.4 Å². The highest BCUT2D eigenvalue weighted by atomic mass is 32.1. The van der Waals surface area contributed by atoms with Gasteiger partial charge in [-0.1, -0.05) is 31.5 Å². The van der Waals surface area contributed by atoms with Crippen LogP contribution in [-0.4, -0.2) is 26.5 Å². The molecule has 1 aromatic carbocycles. The highest BCUT2D eigenvalue weighted by Crippen LogP contribution is 2.40. The molecule has 0 saturated carbocycles. The Morgan fingerprint density at radius 3 is 2.83 bits per heavy atom. The molecule has 154 valence electrons. The van der Waals surface area contributed by atoms with E-state index in [1.807, 2.05) is 30.3 Å². The van der Waals surface area contributed by atoms with Crippen molar-refractivity contribution in [3.63, 3.8) is 0 Å². The molecule has 0 aliphatic carbocycles. The first-order valence-electron chi connectivity index (χ1n) is 9.91. The molecule has 1 saturated heterocycles. The van der Waals surface area contributed by atoms with E-state index in [4.69, 9.17) is 16.6 Å². The number of furan rings is 1. The fourth-order valence-corrected chi connectivity index (χ4v) is 4.06. The number of nitrogens with zero attached hydrogens (tertiary/aromatic N) is 3. The van der Waals surface area contributed by atoms with Crippen molar-refractivity contribution in [3.8, 4) is 11.3 Å². The molecule has 0 amide bonds. The minimum absolute atomic E-state index is 0.0325. The Kier molecular flexibility index (Phi) is 5.76. The monoisotopic (exact) mass is 422 g/mol. The quantitative estimate of drug-likeness (QED) is 0.325. The lowest BCUT2D eigenvalue weighted by atomic mass is 10.0. The van der Waals surface area contributed by atoms with Crippen molar-refractivity contribution in [1.29, 1.82) is 0 Å². The van der Waals surface area contributed by atoms with Crippen LogP contribution in [0.2, 0.25) is 0 Å². The summed E-state index contributed by atoms with van der Waals surface area (Å²) < 4.78 is 6.21. The van der Waals surface area contributed by atoms with Gasteiger partial charge in [-0.15, -0.1) is 0 Å². The molecule has 30 heavy (non-hydrogen) atoms. The molecule has 7 nitrogen and oxygen atoms in total. The predicted octanol–water partition coefficient (Wildman–Crippen LogP) is 5.02. The third-order valence-corrected chi connectivity index (χ3v) is 5.56. The topological polar surface area (TPSA) is 84.4 Å². The average Bonchev–Trinajstić information content (AvgIpc) is 3.37. The van der Waals surface area contributed by atoms with Gasteiger partial charge in [0.05, 0.1) is 16.7 Å².